The van der Waals surface area contributed by atoms with Crippen LogP contribution in [0.2, 0.25) is 5.02 Å². The van der Waals surface area contributed by atoms with E-state index in [-0.39, 0.29) is 5.91 Å². The summed E-state index contributed by atoms with van der Waals surface area (Å²) in [6, 6.07) is 14.7. The van der Waals surface area contributed by atoms with Gasteiger partial charge >= 0.3 is 0 Å². The Hall–Kier alpha value is -2.92. The molecule has 0 radical (unpaired) electrons. The molecule has 0 bridgehead atoms. The van der Waals surface area contributed by atoms with E-state index in [0.717, 1.165) is 16.9 Å². The van der Waals surface area contributed by atoms with E-state index in [1.54, 1.807) is 19.2 Å². The molecule has 6 heteroatoms. The highest BCUT2D eigenvalue weighted by atomic mass is 35.5. The molecule has 0 saturated carbocycles. The second-order valence-corrected chi connectivity index (χ2v) is 5.77. The molecular formula is C19H16ClN3O2. The lowest BCUT2D eigenvalue weighted by Gasteiger charge is -2.07. The fraction of sp³-hybridized carbons (Fsp3) is 0.105. The van der Waals surface area contributed by atoms with Gasteiger partial charge in [-0.25, -0.2) is 9.97 Å². The van der Waals surface area contributed by atoms with Gasteiger partial charge in [0.1, 0.15) is 5.75 Å². The molecule has 3 rings (SSSR count). The van der Waals surface area contributed by atoms with Crippen LogP contribution < -0.4 is 10.1 Å². The summed E-state index contributed by atoms with van der Waals surface area (Å²) in [4.78, 5) is 20.7. The monoisotopic (exact) mass is 353 g/mol. The van der Waals surface area contributed by atoms with Crippen LogP contribution in [0.3, 0.4) is 0 Å². The molecule has 0 aliphatic carbocycles. The zero-order valence-electron chi connectivity index (χ0n) is 13.6. The molecule has 5 nitrogen and oxygen atoms in total. The van der Waals surface area contributed by atoms with Crippen LogP contribution in [0.25, 0.3) is 11.4 Å². The third-order valence-corrected chi connectivity index (χ3v) is 3.88. The summed E-state index contributed by atoms with van der Waals surface area (Å²) in [6.07, 6.45) is 3.03. The number of carbonyl (C=O) groups excluding carboxylic acids is 1. The van der Waals surface area contributed by atoms with E-state index >= 15 is 0 Å². The van der Waals surface area contributed by atoms with Crippen LogP contribution >= 0.6 is 11.6 Å². The molecule has 126 valence electrons. The number of hydrogen-bond acceptors (Lipinski definition) is 4. The Morgan fingerprint density at radius 2 is 1.68 bits per heavy atom. The number of hydrogen-bond donors (Lipinski definition) is 1. The van der Waals surface area contributed by atoms with Crippen LogP contribution in [0.4, 0.5) is 0 Å². The summed E-state index contributed by atoms with van der Waals surface area (Å²) in [5.74, 6) is 1.10. The van der Waals surface area contributed by atoms with Gasteiger partial charge in [0.05, 0.1) is 12.7 Å². The van der Waals surface area contributed by atoms with E-state index in [1.807, 2.05) is 36.4 Å². The van der Waals surface area contributed by atoms with Crippen molar-refractivity contribution in [1.29, 1.82) is 0 Å². The zero-order valence-corrected chi connectivity index (χ0v) is 14.3. The molecule has 2 aromatic carbocycles. The van der Waals surface area contributed by atoms with E-state index in [0.29, 0.717) is 23.0 Å². The first kappa shape index (κ1) is 16.9. The topological polar surface area (TPSA) is 64.1 Å². The number of nitrogens with zero attached hydrogens (tertiary/aromatic N) is 2. The zero-order chi connectivity index (χ0) is 17.6. The standard InChI is InChI=1S/C19H16ClN3O2/c1-25-17-8-2-13(3-9-17)10-23-19(24)15-11-21-18(22-12-15)14-4-6-16(20)7-5-14/h2-9,11-12H,10H2,1H3,(H,23,24). The van der Waals surface area contributed by atoms with Crippen LogP contribution in [0.1, 0.15) is 15.9 Å². The van der Waals surface area contributed by atoms with Gasteiger partial charge in [-0.1, -0.05) is 23.7 Å². The van der Waals surface area contributed by atoms with E-state index in [9.17, 15) is 4.79 Å². The number of halogens is 1. The van der Waals surface area contributed by atoms with E-state index < -0.39 is 0 Å². The predicted octanol–water partition coefficient (Wildman–Crippen LogP) is 3.74. The average molecular weight is 354 g/mol. The molecule has 0 aliphatic heterocycles. The van der Waals surface area contributed by atoms with E-state index in [2.05, 4.69) is 15.3 Å². The first-order valence-corrected chi connectivity index (χ1v) is 8.02. The molecule has 0 aliphatic rings. The quantitative estimate of drug-likeness (QED) is 0.759. The molecule has 0 unspecified atom stereocenters. The first-order valence-electron chi connectivity index (χ1n) is 7.65. The lowest BCUT2D eigenvalue weighted by atomic mass is 10.2. The van der Waals surface area contributed by atoms with Crippen molar-refractivity contribution in [3.63, 3.8) is 0 Å². The third-order valence-electron chi connectivity index (χ3n) is 3.63. The highest BCUT2D eigenvalue weighted by Gasteiger charge is 2.08. The maximum atomic E-state index is 12.2. The first-order chi connectivity index (χ1) is 12.2. The van der Waals surface area contributed by atoms with Crippen LogP contribution in [0.15, 0.2) is 60.9 Å². The van der Waals surface area contributed by atoms with Crippen molar-refractivity contribution >= 4 is 17.5 Å². The summed E-state index contributed by atoms with van der Waals surface area (Å²) in [6.45, 7) is 0.418. The van der Waals surface area contributed by atoms with E-state index in [1.165, 1.54) is 12.4 Å². The number of amides is 1. The number of ether oxygens (including phenoxy) is 1. The van der Waals surface area contributed by atoms with Crippen LogP contribution in [0, 0.1) is 0 Å². The number of nitrogens with one attached hydrogen (secondary N) is 1. The maximum Gasteiger partial charge on any atom is 0.254 e. The molecule has 1 amide bonds. The number of benzene rings is 2. The maximum absolute atomic E-state index is 12.2. The molecule has 1 N–H and O–H groups in total. The van der Waals surface area contributed by atoms with Gasteiger partial charge in [0.25, 0.3) is 5.91 Å². The minimum Gasteiger partial charge on any atom is -0.497 e. The van der Waals surface area contributed by atoms with Crippen molar-refractivity contribution in [2.24, 2.45) is 0 Å². The van der Waals surface area contributed by atoms with Crippen LogP contribution in [-0.2, 0) is 6.54 Å². The highest BCUT2D eigenvalue weighted by Crippen LogP contribution is 2.17. The Morgan fingerprint density at radius 1 is 1.04 bits per heavy atom. The Kier molecular flexibility index (Phi) is 5.26. The lowest BCUT2D eigenvalue weighted by molar-refractivity contribution is 0.0950. The van der Waals surface area contributed by atoms with Crippen molar-refractivity contribution in [1.82, 2.24) is 15.3 Å². The molecule has 1 aromatic heterocycles. The normalized spacial score (nSPS) is 10.3. The van der Waals surface area contributed by atoms with Gasteiger partial charge in [-0.3, -0.25) is 4.79 Å². The van der Waals surface area contributed by atoms with E-state index in [4.69, 9.17) is 16.3 Å². The van der Waals surface area contributed by atoms with Crippen molar-refractivity contribution in [3.8, 4) is 17.1 Å². The summed E-state index contributed by atoms with van der Waals surface area (Å²) >= 11 is 5.87. The predicted molar refractivity (Wildman–Crippen MR) is 96.6 cm³/mol. The van der Waals surface area contributed by atoms with Gasteiger partial charge in [0.2, 0.25) is 0 Å². The number of aromatic nitrogens is 2. The van der Waals surface area contributed by atoms with Crippen LogP contribution in [0.5, 0.6) is 5.75 Å². The van der Waals surface area contributed by atoms with Crippen molar-refractivity contribution in [3.05, 3.63) is 77.1 Å². The summed E-state index contributed by atoms with van der Waals surface area (Å²) in [5.41, 5.74) is 2.23. The van der Waals surface area contributed by atoms with Crippen molar-refractivity contribution < 1.29 is 9.53 Å². The van der Waals surface area contributed by atoms with Gasteiger partial charge in [0, 0.05) is 29.5 Å². The van der Waals surface area contributed by atoms with Gasteiger partial charge < -0.3 is 10.1 Å². The SMILES string of the molecule is COc1ccc(CNC(=O)c2cnc(-c3ccc(Cl)cc3)nc2)cc1. The Bertz CT molecular complexity index is 847. The Morgan fingerprint density at radius 3 is 2.28 bits per heavy atom. The van der Waals surface area contributed by atoms with Crippen molar-refractivity contribution in [2.75, 3.05) is 7.11 Å². The number of rotatable bonds is 5. The third kappa shape index (κ3) is 4.33. The van der Waals surface area contributed by atoms with Gasteiger partial charge in [-0.15, -0.1) is 0 Å². The van der Waals surface area contributed by atoms with Crippen LogP contribution in [-0.4, -0.2) is 23.0 Å². The molecule has 0 spiro atoms. The largest absolute Gasteiger partial charge is 0.497 e. The second-order valence-electron chi connectivity index (χ2n) is 5.33. The molecular weight excluding hydrogens is 338 g/mol. The minimum atomic E-state index is -0.224. The summed E-state index contributed by atoms with van der Waals surface area (Å²) < 4.78 is 5.11. The Labute approximate surface area is 150 Å². The van der Waals surface area contributed by atoms with Crippen molar-refractivity contribution in [2.45, 2.75) is 6.54 Å². The fourth-order valence-corrected chi connectivity index (χ4v) is 2.35. The lowest BCUT2D eigenvalue weighted by Crippen LogP contribution is -2.23. The summed E-state index contributed by atoms with van der Waals surface area (Å²) in [5, 5.41) is 3.49. The molecule has 3 aromatic rings. The molecule has 0 saturated heterocycles. The van der Waals surface area contributed by atoms with Gasteiger partial charge in [-0.2, -0.15) is 0 Å². The second kappa shape index (κ2) is 7.77. The average Bonchev–Trinajstić information content (AvgIpc) is 2.67. The molecule has 0 atom stereocenters. The molecule has 0 fully saturated rings. The molecule has 1 heterocycles. The van der Waals surface area contributed by atoms with Gasteiger partial charge in [0.15, 0.2) is 5.82 Å². The summed E-state index contributed by atoms with van der Waals surface area (Å²) in [7, 11) is 1.62. The smallest absolute Gasteiger partial charge is 0.254 e. The number of methoxy groups -OCH3 is 1. The Balaban J connectivity index is 1.63. The minimum absolute atomic E-state index is 0.224. The molecule has 25 heavy (non-hydrogen) atoms. The fourth-order valence-electron chi connectivity index (χ4n) is 2.22. The highest BCUT2D eigenvalue weighted by molar-refractivity contribution is 6.30. The van der Waals surface area contributed by atoms with Gasteiger partial charge in [-0.05, 0) is 42.0 Å². The number of carbonyl (C=O) groups is 1.